The summed E-state index contributed by atoms with van der Waals surface area (Å²) in [6, 6.07) is 29.2. The highest BCUT2D eigenvalue weighted by molar-refractivity contribution is 7.22. The van der Waals surface area contributed by atoms with Gasteiger partial charge in [-0.1, -0.05) is 47.7 Å². The van der Waals surface area contributed by atoms with Crippen LogP contribution in [0, 0.1) is 12.8 Å². The second-order valence-electron chi connectivity index (χ2n) is 21.0. The van der Waals surface area contributed by atoms with E-state index in [4.69, 9.17) is 14.5 Å². The Morgan fingerprint density at radius 2 is 1.72 bits per heavy atom. The molecule has 0 saturated carbocycles. The van der Waals surface area contributed by atoms with Crippen LogP contribution in [0.5, 0.6) is 5.75 Å². The number of nitrogens with one attached hydrogen (secondary N) is 3. The number of imide groups is 1. The van der Waals surface area contributed by atoms with Crippen LogP contribution in [-0.4, -0.2) is 92.1 Å². The Labute approximate surface area is 440 Å². The number of aromatic nitrogens is 4. The number of ether oxygens (including phenoxy) is 2. The summed E-state index contributed by atoms with van der Waals surface area (Å²) in [4.78, 5) is 79.5. The third kappa shape index (κ3) is 11.3. The van der Waals surface area contributed by atoms with Crippen LogP contribution < -0.4 is 25.6 Å². The second kappa shape index (κ2) is 21.4. The molecule has 3 aliphatic heterocycles. The molecule has 0 bridgehead atoms. The van der Waals surface area contributed by atoms with Gasteiger partial charge in [0.15, 0.2) is 10.8 Å². The summed E-state index contributed by atoms with van der Waals surface area (Å²) in [5.74, 6) is -0.0611. The van der Waals surface area contributed by atoms with Gasteiger partial charge in [-0.25, -0.2) is 14.8 Å². The van der Waals surface area contributed by atoms with E-state index in [-0.39, 0.29) is 48.3 Å². The van der Waals surface area contributed by atoms with Gasteiger partial charge >= 0.3 is 5.97 Å². The third-order valence-electron chi connectivity index (χ3n) is 14.6. The number of benzene rings is 4. The molecule has 6 heterocycles. The average Bonchev–Trinajstić information content (AvgIpc) is 3.96. The molecule has 1 unspecified atom stereocenters. The first kappa shape index (κ1) is 51.0. The maximum absolute atomic E-state index is 14.1. The van der Waals surface area contributed by atoms with E-state index >= 15 is 0 Å². The lowest BCUT2D eigenvalue weighted by Crippen LogP contribution is -2.44. The number of anilines is 3. The minimum Gasteiger partial charge on any atom is -0.493 e. The number of hydrogen-bond acceptors (Lipinski definition) is 13. The topological polar surface area (TPSA) is 190 Å². The Bertz CT molecular complexity index is 3330. The molecule has 75 heavy (non-hydrogen) atoms. The van der Waals surface area contributed by atoms with Gasteiger partial charge in [-0.3, -0.25) is 39.4 Å². The summed E-state index contributed by atoms with van der Waals surface area (Å²) in [6.45, 7) is 12.4. The number of pyridine rings is 1. The molecule has 2 saturated heterocycles. The number of aryl methyl sites for hydroxylation is 1. The fraction of sp³-hybridized carbons (Fsp3) is 0.379. The summed E-state index contributed by atoms with van der Waals surface area (Å²) >= 11 is 1.44. The number of hydrogen-bond donors (Lipinski definition) is 3. The van der Waals surface area contributed by atoms with E-state index in [0.717, 1.165) is 81.4 Å². The molecular formula is C58H63N9O7S. The fourth-order valence-corrected chi connectivity index (χ4v) is 11.7. The van der Waals surface area contributed by atoms with Gasteiger partial charge in [0, 0.05) is 54.8 Å². The first-order valence-electron chi connectivity index (χ1n) is 25.9. The van der Waals surface area contributed by atoms with Crippen LogP contribution in [0.25, 0.3) is 32.2 Å². The minimum absolute atomic E-state index is 0.0879. The molecule has 3 atom stereocenters. The zero-order valence-electron chi connectivity index (χ0n) is 43.3. The van der Waals surface area contributed by atoms with Crippen molar-refractivity contribution in [2.24, 2.45) is 13.0 Å². The maximum atomic E-state index is 14.1. The molecular weight excluding hydrogens is 967 g/mol. The van der Waals surface area contributed by atoms with Crippen molar-refractivity contribution in [3.05, 3.63) is 125 Å². The van der Waals surface area contributed by atoms with Gasteiger partial charge in [-0.15, -0.1) is 0 Å². The standard InChI is InChI=1S/C58H63N9O7S/c1-34-30-36(25-27-66(34)33-51(69)59-38-19-20-42-46(31-38)65(6)64-52(42)43-22-24-50(68)62-55(43)71)12-11-29-73-47-17-10-14-39(35(47)2)40-21-23-49(61-53(40)56(72)74-58(3,4)5)67-28-26-37-13-9-15-41(44(37)32-67)54(70)63-57-60-45-16-7-8-18-48(45)75-57/h7-10,13-21,23,31,34,36,43H,11-12,22,24-30,32-33H2,1-6H3,(H,59,69)(H,60,63,70)(H,62,68,71)/t34-,36-,43?/m1/s1. The van der Waals surface area contributed by atoms with E-state index < -0.39 is 17.5 Å². The Morgan fingerprint density at radius 3 is 2.52 bits per heavy atom. The van der Waals surface area contributed by atoms with Crippen LogP contribution in [0.3, 0.4) is 0 Å². The summed E-state index contributed by atoms with van der Waals surface area (Å²) in [6.07, 6.45) is 5.22. The molecule has 3 N–H and O–H groups in total. The number of para-hydroxylation sites is 1. The first-order chi connectivity index (χ1) is 36.0. The molecule has 16 nitrogen and oxygen atoms in total. The number of nitrogens with zero attached hydrogens (tertiary/aromatic N) is 6. The molecule has 3 aromatic heterocycles. The first-order valence-corrected chi connectivity index (χ1v) is 26.7. The van der Waals surface area contributed by atoms with E-state index in [2.05, 4.69) is 48.8 Å². The van der Waals surface area contributed by atoms with Crippen molar-refractivity contribution in [3.8, 4) is 16.9 Å². The molecule has 0 radical (unpaired) electrons. The number of fused-ring (bicyclic) bond motifs is 3. The quantitative estimate of drug-likeness (QED) is 0.0532. The minimum atomic E-state index is -0.753. The Balaban J connectivity index is 0.749. The summed E-state index contributed by atoms with van der Waals surface area (Å²) in [5.41, 5.74) is 7.35. The lowest BCUT2D eigenvalue weighted by molar-refractivity contribution is -0.134. The number of rotatable bonds is 14. The zero-order valence-corrected chi connectivity index (χ0v) is 44.1. The highest BCUT2D eigenvalue weighted by Gasteiger charge is 2.33. The number of piperidine rings is 2. The van der Waals surface area contributed by atoms with E-state index in [1.807, 2.05) is 120 Å². The third-order valence-corrected chi connectivity index (χ3v) is 15.6. The number of esters is 1. The van der Waals surface area contributed by atoms with E-state index in [0.29, 0.717) is 71.9 Å². The Morgan fingerprint density at radius 1 is 0.893 bits per heavy atom. The highest BCUT2D eigenvalue weighted by atomic mass is 32.1. The molecule has 7 aromatic rings. The fourth-order valence-electron chi connectivity index (χ4n) is 10.8. The Kier molecular flexibility index (Phi) is 14.5. The van der Waals surface area contributed by atoms with E-state index in [1.54, 1.807) is 4.68 Å². The second-order valence-corrected chi connectivity index (χ2v) is 22.1. The van der Waals surface area contributed by atoms with Gasteiger partial charge < -0.3 is 19.7 Å². The molecule has 0 aliphatic carbocycles. The van der Waals surface area contributed by atoms with Gasteiger partial charge in [-0.05, 0) is 162 Å². The van der Waals surface area contributed by atoms with Crippen LogP contribution in [0.2, 0.25) is 0 Å². The predicted octanol–water partition coefficient (Wildman–Crippen LogP) is 9.74. The molecule has 2 fully saturated rings. The van der Waals surface area contributed by atoms with Gasteiger partial charge in [0.25, 0.3) is 5.91 Å². The van der Waals surface area contributed by atoms with Crippen LogP contribution in [-0.2, 0) is 39.1 Å². The zero-order chi connectivity index (χ0) is 52.5. The largest absolute Gasteiger partial charge is 0.493 e. The molecule has 388 valence electrons. The number of likely N-dealkylation sites (tertiary alicyclic amines) is 1. The summed E-state index contributed by atoms with van der Waals surface area (Å²) < 4.78 is 15.1. The van der Waals surface area contributed by atoms with Crippen LogP contribution in [0.1, 0.15) is 115 Å². The molecule has 10 rings (SSSR count). The van der Waals surface area contributed by atoms with Crippen molar-refractivity contribution in [1.29, 1.82) is 0 Å². The van der Waals surface area contributed by atoms with Crippen LogP contribution in [0.4, 0.5) is 16.6 Å². The Hall–Kier alpha value is -7.50. The molecule has 17 heteroatoms. The summed E-state index contributed by atoms with van der Waals surface area (Å²) in [5, 5.41) is 14.5. The lowest BCUT2D eigenvalue weighted by Gasteiger charge is -2.37. The SMILES string of the molecule is Cc1c(OCCC[C@@H]2CCN(CC(=O)Nc3ccc4c(C5CCC(=O)NC5=O)nn(C)c4c3)[C@H](C)C2)cccc1-c1ccc(N2CCc3cccc(C(=O)Nc4nc5ccccc5s4)c3C2)nc1C(=O)OC(C)(C)C. The van der Waals surface area contributed by atoms with Crippen molar-refractivity contribution in [2.45, 2.75) is 104 Å². The van der Waals surface area contributed by atoms with Gasteiger partial charge in [0.05, 0.1) is 40.5 Å². The smallest absolute Gasteiger partial charge is 0.358 e. The van der Waals surface area contributed by atoms with Gasteiger partial charge in [0.2, 0.25) is 17.7 Å². The van der Waals surface area contributed by atoms with Crippen LogP contribution in [0.15, 0.2) is 91.0 Å². The number of carbonyl (C=O) groups is 5. The lowest BCUT2D eigenvalue weighted by atomic mass is 9.88. The molecule has 3 aliphatic rings. The normalized spacial score (nSPS) is 18.2. The van der Waals surface area contributed by atoms with E-state index in [9.17, 15) is 24.0 Å². The van der Waals surface area contributed by atoms with Gasteiger partial charge in [-0.2, -0.15) is 5.10 Å². The predicted molar refractivity (Wildman–Crippen MR) is 291 cm³/mol. The van der Waals surface area contributed by atoms with Crippen molar-refractivity contribution >= 4 is 78.7 Å². The van der Waals surface area contributed by atoms with Gasteiger partial charge in [0.1, 0.15) is 17.2 Å². The molecule has 0 spiro atoms. The van der Waals surface area contributed by atoms with Crippen molar-refractivity contribution in [1.82, 2.24) is 30.0 Å². The van der Waals surface area contributed by atoms with E-state index in [1.165, 1.54) is 11.3 Å². The number of amides is 4. The maximum Gasteiger partial charge on any atom is 0.358 e. The summed E-state index contributed by atoms with van der Waals surface area (Å²) in [7, 11) is 1.81. The van der Waals surface area contributed by atoms with Crippen molar-refractivity contribution in [3.63, 3.8) is 0 Å². The van der Waals surface area contributed by atoms with Crippen molar-refractivity contribution < 1.29 is 33.4 Å². The molecule has 4 aromatic carbocycles. The average molecular weight is 1030 g/mol. The monoisotopic (exact) mass is 1030 g/mol. The van der Waals surface area contributed by atoms with Crippen molar-refractivity contribution in [2.75, 3.05) is 41.8 Å². The van der Waals surface area contributed by atoms with Crippen LogP contribution >= 0.6 is 11.3 Å². The number of carbonyl (C=O) groups excluding carboxylic acids is 5. The highest BCUT2D eigenvalue weighted by Crippen LogP contribution is 2.37. The number of thiazole rings is 1. The molecule has 4 amide bonds.